The number of unbranched alkanes of at least 4 members (excludes halogenated alkanes) is 2. The number of carbonyl (C=O) groups is 1. The van der Waals surface area contributed by atoms with Crippen LogP contribution < -0.4 is 10.6 Å². The number of fused-ring (bicyclic) bond motifs is 1. The van der Waals surface area contributed by atoms with Crippen molar-refractivity contribution in [1.29, 1.82) is 0 Å². The van der Waals surface area contributed by atoms with E-state index in [4.69, 9.17) is 0 Å². The maximum absolute atomic E-state index is 11.8. The Kier molecular flexibility index (Phi) is 10.4. The third-order valence-corrected chi connectivity index (χ3v) is 5.04. The molecule has 0 aliphatic carbocycles. The summed E-state index contributed by atoms with van der Waals surface area (Å²) in [6.07, 6.45) is 4.75. The van der Waals surface area contributed by atoms with Crippen molar-refractivity contribution in [2.45, 2.75) is 63.8 Å². The van der Waals surface area contributed by atoms with Crippen LogP contribution in [0.4, 0.5) is 4.79 Å². The van der Waals surface area contributed by atoms with Crippen molar-refractivity contribution in [2.75, 3.05) is 5.75 Å². The Morgan fingerprint density at radius 2 is 1.90 bits per heavy atom. The first-order valence-corrected chi connectivity index (χ1v) is 8.40. The van der Waals surface area contributed by atoms with Gasteiger partial charge in [0, 0.05) is 16.6 Å². The fourth-order valence-corrected chi connectivity index (χ4v) is 4.27. The molecular formula is C14H24N2O3SW. The number of nitrogens with one attached hydrogen (secondary N) is 2. The van der Waals surface area contributed by atoms with Gasteiger partial charge in [-0.05, 0) is 6.42 Å². The van der Waals surface area contributed by atoms with Gasteiger partial charge in [0.05, 0.1) is 17.3 Å². The third kappa shape index (κ3) is 7.05. The van der Waals surface area contributed by atoms with Gasteiger partial charge in [0.1, 0.15) is 0 Å². The van der Waals surface area contributed by atoms with Crippen LogP contribution in [0.5, 0.6) is 0 Å². The van der Waals surface area contributed by atoms with E-state index in [1.54, 1.807) is 0 Å². The topological polar surface area (TPSA) is 75.3 Å². The van der Waals surface area contributed by atoms with Gasteiger partial charge in [0.15, 0.2) is 0 Å². The Hall–Kier alpha value is -0.222. The molecule has 0 aromatic rings. The summed E-state index contributed by atoms with van der Waals surface area (Å²) in [6, 6.07) is -0.123. The molecule has 2 amide bonds. The molecule has 2 rings (SSSR count). The second-order valence-electron chi connectivity index (χ2n) is 5.73. The Balaban J connectivity index is 0.000000715. The molecule has 2 fully saturated rings. The summed E-state index contributed by atoms with van der Waals surface area (Å²) in [4.78, 5) is 21.2. The second-order valence-corrected chi connectivity index (χ2v) is 7.43. The van der Waals surface area contributed by atoms with Crippen LogP contribution in [0, 0.1) is 5.92 Å². The zero-order valence-electron chi connectivity index (χ0n) is 12.8. The molecule has 2 aliphatic rings. The first kappa shape index (κ1) is 20.8. The molecule has 2 N–H and O–H groups in total. The molecule has 1 unspecified atom stereocenters. The Labute approximate surface area is 144 Å². The summed E-state index contributed by atoms with van der Waals surface area (Å²) < 4.78 is 11.8. The quantitative estimate of drug-likeness (QED) is 0.353. The summed E-state index contributed by atoms with van der Waals surface area (Å²) in [7, 11) is -0.866. The van der Waals surface area contributed by atoms with Crippen molar-refractivity contribution in [3.05, 3.63) is 5.92 Å². The smallest absolute Gasteiger partial charge is 0.542 e. The molecule has 0 aromatic heterocycles. The fraction of sp³-hybridized carbons (Fsp3) is 0.786. The first-order chi connectivity index (χ1) is 9.45. The minimum Gasteiger partial charge on any atom is -0.542 e. The molecule has 21 heavy (non-hydrogen) atoms. The second kappa shape index (κ2) is 10.5. The Morgan fingerprint density at radius 1 is 1.29 bits per heavy atom. The molecule has 0 radical (unpaired) electrons. The average Bonchev–Trinajstić information content (AvgIpc) is 2.81. The van der Waals surface area contributed by atoms with Gasteiger partial charge >= 0.3 is 27.1 Å². The number of carbonyl (C=O) groups excluding carboxylic acids is 2. The standard InChI is InChI=1S/C10H15N2O3S.C4H9.W/c13-5-3-1-2-4-8-9-7(6-16(8)15)11-10(14)12-9;1-4(2)3;/h7-9H,1-4,6H2,(H2,11,12,14);1-3H3;/q2*-1;+2/t7-,8-,9-,16?;;/m0../s1. The van der Waals surface area contributed by atoms with Gasteiger partial charge in [-0.1, -0.05) is 12.8 Å². The number of urea groups is 1. The van der Waals surface area contributed by atoms with E-state index in [1.165, 1.54) is 5.92 Å². The normalized spacial score (nSPS) is 29.6. The molecule has 2 heterocycles. The van der Waals surface area contributed by atoms with E-state index in [0.717, 1.165) is 19.3 Å². The Bertz CT molecular complexity index is 363. The van der Waals surface area contributed by atoms with Crippen LogP contribution >= 0.6 is 0 Å². The van der Waals surface area contributed by atoms with Gasteiger partial charge in [-0.25, -0.2) is 4.79 Å². The van der Waals surface area contributed by atoms with Gasteiger partial charge in [-0.15, -0.1) is 0 Å². The van der Waals surface area contributed by atoms with Crippen molar-refractivity contribution in [1.82, 2.24) is 10.6 Å². The monoisotopic (exact) mass is 484 g/mol. The average molecular weight is 484 g/mol. The molecule has 0 bridgehead atoms. The molecule has 7 heteroatoms. The number of amides is 2. The predicted molar refractivity (Wildman–Crippen MR) is 80.5 cm³/mol. The summed E-state index contributed by atoms with van der Waals surface area (Å²) in [5.74, 6) is 1.97. The van der Waals surface area contributed by atoms with Crippen molar-refractivity contribution >= 4 is 23.1 Å². The maximum Gasteiger partial charge on any atom is 2.00 e. The van der Waals surface area contributed by atoms with Crippen LogP contribution in [0.25, 0.3) is 0 Å². The number of hydrogen-bond donors (Lipinski definition) is 2. The van der Waals surface area contributed by atoms with Gasteiger partial charge in [-0.2, -0.15) is 27.2 Å². The summed E-state index contributed by atoms with van der Waals surface area (Å²) in [5.41, 5.74) is 0. The van der Waals surface area contributed by atoms with Crippen molar-refractivity contribution in [3.63, 3.8) is 0 Å². The van der Waals surface area contributed by atoms with E-state index in [2.05, 4.69) is 31.4 Å². The largest absolute Gasteiger partial charge is 2.00 e. The van der Waals surface area contributed by atoms with E-state index >= 15 is 0 Å². The molecular weight excluding hydrogens is 460 g/mol. The van der Waals surface area contributed by atoms with Gasteiger partial charge in [0.25, 0.3) is 0 Å². The van der Waals surface area contributed by atoms with Crippen molar-refractivity contribution in [3.8, 4) is 0 Å². The molecule has 0 saturated carbocycles. The molecule has 2 aliphatic heterocycles. The first-order valence-electron chi connectivity index (χ1n) is 7.01. The minimum absolute atomic E-state index is 0. The van der Waals surface area contributed by atoms with Crippen molar-refractivity contribution in [2.24, 2.45) is 0 Å². The van der Waals surface area contributed by atoms with E-state index in [-0.39, 0.29) is 44.4 Å². The summed E-state index contributed by atoms with van der Waals surface area (Å²) in [5, 5.41) is 5.63. The van der Waals surface area contributed by atoms with Crippen molar-refractivity contribution < 1.29 is 34.9 Å². The molecule has 2 saturated heterocycles. The van der Waals surface area contributed by atoms with Crippen LogP contribution in [0.1, 0.15) is 46.5 Å². The van der Waals surface area contributed by atoms with E-state index in [1.807, 2.05) is 6.29 Å². The number of rotatable bonds is 5. The van der Waals surface area contributed by atoms with E-state index in [9.17, 15) is 13.8 Å². The molecule has 0 spiro atoms. The van der Waals surface area contributed by atoms with Crippen LogP contribution in [-0.4, -0.2) is 39.6 Å². The summed E-state index contributed by atoms with van der Waals surface area (Å²) >= 11 is 0. The molecule has 4 atom stereocenters. The number of hydrogen-bond acceptors (Lipinski definition) is 3. The summed E-state index contributed by atoms with van der Waals surface area (Å²) in [6.45, 7) is 6.25. The van der Waals surface area contributed by atoms with E-state index < -0.39 is 10.8 Å². The van der Waals surface area contributed by atoms with E-state index in [0.29, 0.717) is 12.2 Å². The van der Waals surface area contributed by atoms with Gasteiger partial charge < -0.3 is 21.3 Å². The zero-order valence-corrected chi connectivity index (χ0v) is 16.6. The third-order valence-electron chi connectivity index (χ3n) is 3.15. The van der Waals surface area contributed by atoms with Crippen LogP contribution in [0.15, 0.2) is 0 Å². The fourth-order valence-electron chi connectivity index (χ4n) is 2.37. The molecule has 0 aromatic carbocycles. The van der Waals surface area contributed by atoms with Gasteiger partial charge in [-0.3, -0.25) is 10.5 Å². The molecule has 5 nitrogen and oxygen atoms in total. The minimum atomic E-state index is -0.866. The van der Waals surface area contributed by atoms with Crippen LogP contribution in [-0.2, 0) is 36.7 Å². The predicted octanol–water partition coefficient (Wildman–Crippen LogP) is 1.46. The zero-order chi connectivity index (χ0) is 15.1. The van der Waals surface area contributed by atoms with Crippen LogP contribution in [0.3, 0.4) is 0 Å². The SMILES string of the molecule is C[C-](C)C.O=[C-]CCCC[C@H]1[C@H]2NC(=O)N[C@H]2CS1=O.[W+2]. The van der Waals surface area contributed by atoms with Crippen LogP contribution in [0.2, 0.25) is 0 Å². The molecule has 120 valence electrons. The maximum atomic E-state index is 11.8. The van der Waals surface area contributed by atoms with Gasteiger partial charge in [0.2, 0.25) is 0 Å². The Morgan fingerprint density at radius 3 is 2.48 bits per heavy atom.